The summed E-state index contributed by atoms with van der Waals surface area (Å²) < 4.78 is 2.27. The first-order valence-corrected chi connectivity index (χ1v) is 5.23. The minimum Gasteiger partial charge on any atom is -0.382 e. The van der Waals surface area contributed by atoms with Crippen molar-refractivity contribution in [3.8, 4) is 11.8 Å². The molecule has 4 N–H and O–H groups in total. The molecule has 6 heteroatoms. The molecular weight excluding hydrogens is 270 g/mol. The van der Waals surface area contributed by atoms with Crippen LogP contribution < -0.4 is 11.5 Å². The minimum absolute atomic E-state index is 0.135. The van der Waals surface area contributed by atoms with Gasteiger partial charge in [0.05, 0.1) is 5.69 Å². The standard InChI is InChI=1S/C10H8BrN5/c11-7-3-1-2-4-8(7)16-10(14)6(5-12)9(13)15-16/h1-4H,14H2,(H2,13,15). The van der Waals surface area contributed by atoms with E-state index in [9.17, 15) is 0 Å². The van der Waals surface area contributed by atoms with E-state index in [2.05, 4.69) is 21.0 Å². The first-order chi connectivity index (χ1) is 7.65. The Morgan fingerprint density at radius 2 is 2.00 bits per heavy atom. The zero-order chi connectivity index (χ0) is 11.7. The van der Waals surface area contributed by atoms with Crippen molar-refractivity contribution >= 4 is 27.6 Å². The molecule has 0 aliphatic carbocycles. The summed E-state index contributed by atoms with van der Waals surface area (Å²) in [6, 6.07) is 9.34. The van der Waals surface area contributed by atoms with Crippen molar-refractivity contribution in [1.82, 2.24) is 9.78 Å². The highest BCUT2D eigenvalue weighted by Gasteiger charge is 2.15. The molecule has 0 unspecified atom stereocenters. The van der Waals surface area contributed by atoms with E-state index in [0.29, 0.717) is 0 Å². The van der Waals surface area contributed by atoms with Gasteiger partial charge in [0.15, 0.2) is 5.82 Å². The van der Waals surface area contributed by atoms with Crippen molar-refractivity contribution in [3.05, 3.63) is 34.3 Å². The molecule has 0 fully saturated rings. The Morgan fingerprint density at radius 3 is 2.56 bits per heavy atom. The van der Waals surface area contributed by atoms with Crippen LogP contribution in [0.3, 0.4) is 0 Å². The number of hydrogen-bond acceptors (Lipinski definition) is 4. The van der Waals surface area contributed by atoms with Gasteiger partial charge >= 0.3 is 0 Å². The fourth-order valence-corrected chi connectivity index (χ4v) is 1.82. The number of nitrogens with two attached hydrogens (primary N) is 2. The first-order valence-electron chi connectivity index (χ1n) is 4.44. The van der Waals surface area contributed by atoms with Gasteiger partial charge in [0, 0.05) is 4.47 Å². The van der Waals surface area contributed by atoms with Crippen molar-refractivity contribution in [2.24, 2.45) is 0 Å². The molecule has 1 aromatic heterocycles. The summed E-state index contributed by atoms with van der Waals surface area (Å²) in [7, 11) is 0. The van der Waals surface area contributed by atoms with Gasteiger partial charge in [0.25, 0.3) is 0 Å². The third-order valence-corrected chi connectivity index (χ3v) is 2.81. The van der Waals surface area contributed by atoms with E-state index in [4.69, 9.17) is 16.7 Å². The maximum atomic E-state index is 8.85. The topological polar surface area (TPSA) is 93.6 Å². The van der Waals surface area contributed by atoms with Crippen molar-refractivity contribution in [2.75, 3.05) is 11.5 Å². The number of nitrogens with zero attached hydrogens (tertiary/aromatic N) is 3. The number of rotatable bonds is 1. The van der Waals surface area contributed by atoms with E-state index < -0.39 is 0 Å². The molecule has 0 saturated carbocycles. The minimum atomic E-state index is 0.135. The molecule has 2 aromatic rings. The molecule has 0 aliphatic heterocycles. The van der Waals surface area contributed by atoms with Crippen LogP contribution in [0.5, 0.6) is 0 Å². The highest BCUT2D eigenvalue weighted by molar-refractivity contribution is 9.10. The van der Waals surface area contributed by atoms with Crippen LogP contribution in [0.2, 0.25) is 0 Å². The summed E-state index contributed by atoms with van der Waals surface area (Å²) >= 11 is 3.38. The van der Waals surface area contributed by atoms with Crippen molar-refractivity contribution in [3.63, 3.8) is 0 Å². The molecule has 0 bridgehead atoms. The summed E-state index contributed by atoms with van der Waals surface area (Å²) in [4.78, 5) is 0. The molecule has 1 heterocycles. The second kappa shape index (κ2) is 3.87. The molecule has 5 nitrogen and oxygen atoms in total. The van der Waals surface area contributed by atoms with Gasteiger partial charge in [-0.1, -0.05) is 12.1 Å². The van der Waals surface area contributed by atoms with E-state index in [1.165, 1.54) is 4.68 Å². The van der Waals surface area contributed by atoms with Crippen LogP contribution in [-0.2, 0) is 0 Å². The number of anilines is 2. The fourth-order valence-electron chi connectivity index (χ4n) is 1.37. The summed E-state index contributed by atoms with van der Waals surface area (Å²) in [6.45, 7) is 0. The molecule has 80 valence electrons. The van der Waals surface area contributed by atoms with Gasteiger partial charge in [0.2, 0.25) is 0 Å². The maximum Gasteiger partial charge on any atom is 0.166 e. The number of nitrogen functional groups attached to an aromatic ring is 2. The van der Waals surface area contributed by atoms with E-state index in [1.54, 1.807) is 0 Å². The Bertz CT molecular complexity index is 581. The van der Waals surface area contributed by atoms with Gasteiger partial charge in [-0.3, -0.25) is 0 Å². The maximum absolute atomic E-state index is 8.85. The van der Waals surface area contributed by atoms with Crippen molar-refractivity contribution in [1.29, 1.82) is 5.26 Å². The molecule has 2 rings (SSSR count). The van der Waals surface area contributed by atoms with Crippen molar-refractivity contribution in [2.45, 2.75) is 0 Å². The van der Waals surface area contributed by atoms with Gasteiger partial charge in [-0.15, -0.1) is 5.10 Å². The van der Waals surface area contributed by atoms with Crippen LogP contribution in [0.25, 0.3) is 5.69 Å². The summed E-state index contributed by atoms with van der Waals surface area (Å²) in [5, 5.41) is 12.9. The summed E-state index contributed by atoms with van der Waals surface area (Å²) in [5.74, 6) is 0.377. The van der Waals surface area contributed by atoms with Gasteiger partial charge in [-0.2, -0.15) is 5.26 Å². The Morgan fingerprint density at radius 1 is 1.31 bits per heavy atom. The predicted octanol–water partition coefficient (Wildman–Crippen LogP) is 1.67. The van der Waals surface area contributed by atoms with Gasteiger partial charge in [0.1, 0.15) is 17.5 Å². The van der Waals surface area contributed by atoms with Crippen LogP contribution in [-0.4, -0.2) is 9.78 Å². The smallest absolute Gasteiger partial charge is 0.166 e. The van der Waals surface area contributed by atoms with Gasteiger partial charge in [-0.25, -0.2) is 4.68 Å². The Hall–Kier alpha value is -2.00. The molecular formula is C10H8BrN5. The first kappa shape index (κ1) is 10.5. The highest BCUT2D eigenvalue weighted by Crippen LogP contribution is 2.26. The number of aromatic nitrogens is 2. The van der Waals surface area contributed by atoms with Crippen LogP contribution >= 0.6 is 15.9 Å². The zero-order valence-electron chi connectivity index (χ0n) is 8.18. The molecule has 1 aromatic carbocycles. The highest BCUT2D eigenvalue weighted by atomic mass is 79.9. The molecule has 0 atom stereocenters. The third-order valence-electron chi connectivity index (χ3n) is 2.14. The van der Waals surface area contributed by atoms with E-state index in [0.717, 1.165) is 10.2 Å². The number of para-hydroxylation sites is 1. The lowest BCUT2D eigenvalue weighted by Crippen LogP contribution is -2.03. The van der Waals surface area contributed by atoms with E-state index >= 15 is 0 Å². The lowest BCUT2D eigenvalue weighted by Gasteiger charge is -2.05. The Labute approximate surface area is 100 Å². The summed E-state index contributed by atoms with van der Waals surface area (Å²) in [6.07, 6.45) is 0. The average Bonchev–Trinajstić information content (AvgIpc) is 2.55. The second-order valence-corrected chi connectivity index (χ2v) is 3.97. The average molecular weight is 278 g/mol. The van der Waals surface area contributed by atoms with E-state index in [-0.39, 0.29) is 17.2 Å². The normalized spacial score (nSPS) is 10.0. The van der Waals surface area contributed by atoms with Crippen molar-refractivity contribution < 1.29 is 0 Å². The summed E-state index contributed by atoms with van der Waals surface area (Å²) in [5.41, 5.74) is 12.3. The van der Waals surface area contributed by atoms with Crippen LogP contribution in [0.1, 0.15) is 5.56 Å². The second-order valence-electron chi connectivity index (χ2n) is 3.12. The predicted molar refractivity (Wildman–Crippen MR) is 64.8 cm³/mol. The molecule has 16 heavy (non-hydrogen) atoms. The number of benzene rings is 1. The molecule has 0 radical (unpaired) electrons. The quantitative estimate of drug-likeness (QED) is 0.829. The number of hydrogen-bond donors (Lipinski definition) is 2. The lowest BCUT2D eigenvalue weighted by molar-refractivity contribution is 0.892. The van der Waals surface area contributed by atoms with Crippen LogP contribution in [0.4, 0.5) is 11.6 Å². The van der Waals surface area contributed by atoms with E-state index in [1.807, 2.05) is 30.3 Å². The number of halogens is 1. The fraction of sp³-hybridized carbons (Fsp3) is 0. The monoisotopic (exact) mass is 277 g/mol. The van der Waals surface area contributed by atoms with Gasteiger partial charge < -0.3 is 11.5 Å². The Kier molecular flexibility index (Phi) is 2.54. The SMILES string of the molecule is N#Cc1c(N)nn(-c2ccccc2Br)c1N. The zero-order valence-corrected chi connectivity index (χ0v) is 9.77. The third kappa shape index (κ3) is 1.51. The molecule has 0 spiro atoms. The Balaban J connectivity index is 2.68. The molecule has 0 saturated heterocycles. The molecule has 0 amide bonds. The largest absolute Gasteiger partial charge is 0.382 e. The van der Waals surface area contributed by atoms with Crippen LogP contribution in [0.15, 0.2) is 28.7 Å². The van der Waals surface area contributed by atoms with Crippen LogP contribution in [0, 0.1) is 11.3 Å². The molecule has 0 aliphatic rings. The number of nitriles is 1. The lowest BCUT2D eigenvalue weighted by atomic mass is 10.3. The van der Waals surface area contributed by atoms with Gasteiger partial charge in [-0.05, 0) is 28.1 Å².